The minimum absolute atomic E-state index is 0.139. The van der Waals surface area contributed by atoms with Crippen molar-refractivity contribution < 1.29 is 4.79 Å². The summed E-state index contributed by atoms with van der Waals surface area (Å²) in [5.74, 6) is 0.723. The Labute approximate surface area is 184 Å². The highest BCUT2D eigenvalue weighted by Gasteiger charge is 2.22. The van der Waals surface area contributed by atoms with Crippen LogP contribution in [0.5, 0.6) is 0 Å². The maximum absolute atomic E-state index is 12.9. The van der Waals surface area contributed by atoms with Crippen LogP contribution in [0.15, 0.2) is 42.1 Å². The zero-order chi connectivity index (χ0) is 22.4. The summed E-state index contributed by atoms with van der Waals surface area (Å²) in [5, 5.41) is 16.8. The number of carbonyl (C=O) groups is 1. The van der Waals surface area contributed by atoms with Crippen LogP contribution in [0.2, 0.25) is 0 Å². The first-order valence-electron chi connectivity index (χ1n) is 10.6. The molecule has 0 bridgehead atoms. The lowest BCUT2D eigenvalue weighted by Gasteiger charge is -2.30. The van der Waals surface area contributed by atoms with Gasteiger partial charge in [-0.05, 0) is 36.8 Å². The average Bonchev–Trinajstić information content (AvgIpc) is 3.08. The molecule has 0 saturated carbocycles. The fourth-order valence-corrected chi connectivity index (χ4v) is 3.69. The molecule has 1 aliphatic heterocycles. The second kappa shape index (κ2) is 9.98. The predicted octanol–water partition coefficient (Wildman–Crippen LogP) is 3.88. The molecule has 1 atom stereocenters. The van der Waals surface area contributed by atoms with Gasteiger partial charge in [0, 0.05) is 31.7 Å². The van der Waals surface area contributed by atoms with E-state index in [-0.39, 0.29) is 12.5 Å². The van der Waals surface area contributed by atoms with Crippen molar-refractivity contribution in [3.63, 3.8) is 0 Å². The van der Waals surface area contributed by atoms with Crippen LogP contribution in [-0.4, -0.2) is 29.8 Å². The first-order chi connectivity index (χ1) is 14.9. The molecule has 162 valence electrons. The Kier molecular flexibility index (Phi) is 7.14. The van der Waals surface area contributed by atoms with Gasteiger partial charge in [0.25, 0.3) is 0 Å². The molecule has 31 heavy (non-hydrogen) atoms. The van der Waals surface area contributed by atoms with Gasteiger partial charge in [-0.25, -0.2) is 0 Å². The predicted molar refractivity (Wildman–Crippen MR) is 126 cm³/mol. The molecule has 2 aromatic rings. The number of hydrogen-bond acceptors (Lipinski definition) is 5. The van der Waals surface area contributed by atoms with E-state index in [1.165, 1.54) is 5.56 Å². The third-order valence-electron chi connectivity index (χ3n) is 5.58. The van der Waals surface area contributed by atoms with E-state index in [0.717, 1.165) is 31.5 Å². The smallest absolute Gasteiger partial charge is 0.245 e. The average molecular weight is 419 g/mol. The SMILES string of the molecule is C=C(N/N=C\C(C)CC)c1c(C#N)cn(C)c1NC(=O)CN1CCCc2ccccc21. The van der Waals surface area contributed by atoms with E-state index in [4.69, 9.17) is 0 Å². The Balaban J connectivity index is 1.76. The van der Waals surface area contributed by atoms with E-state index in [0.29, 0.717) is 28.6 Å². The fourth-order valence-electron chi connectivity index (χ4n) is 3.69. The van der Waals surface area contributed by atoms with Crippen LogP contribution in [0.3, 0.4) is 0 Å². The van der Waals surface area contributed by atoms with Crippen LogP contribution < -0.4 is 15.6 Å². The van der Waals surface area contributed by atoms with Gasteiger partial charge in [0.1, 0.15) is 11.9 Å². The van der Waals surface area contributed by atoms with Gasteiger partial charge in [-0.1, -0.05) is 38.6 Å². The lowest BCUT2D eigenvalue weighted by molar-refractivity contribution is -0.115. The Morgan fingerprint density at radius 2 is 2.19 bits per heavy atom. The quantitative estimate of drug-likeness (QED) is 0.503. The van der Waals surface area contributed by atoms with E-state index < -0.39 is 0 Å². The van der Waals surface area contributed by atoms with Crippen molar-refractivity contribution in [2.75, 3.05) is 23.3 Å². The number of anilines is 2. The molecule has 7 nitrogen and oxygen atoms in total. The Morgan fingerprint density at radius 3 is 2.94 bits per heavy atom. The largest absolute Gasteiger partial charge is 0.362 e. The summed E-state index contributed by atoms with van der Waals surface area (Å²) in [6.45, 7) is 9.28. The second-order valence-corrected chi connectivity index (χ2v) is 7.95. The molecule has 0 aliphatic carbocycles. The van der Waals surface area contributed by atoms with Crippen molar-refractivity contribution in [3.05, 3.63) is 53.7 Å². The second-order valence-electron chi connectivity index (χ2n) is 7.95. The number of hydrogen-bond donors (Lipinski definition) is 2. The van der Waals surface area contributed by atoms with Crippen LogP contribution in [0.1, 0.15) is 43.4 Å². The van der Waals surface area contributed by atoms with Gasteiger partial charge in [-0.3, -0.25) is 10.2 Å². The molecule has 0 spiro atoms. The molecule has 1 aliphatic rings. The minimum atomic E-state index is -0.139. The first-order valence-corrected chi connectivity index (χ1v) is 10.6. The number of fused-ring (bicyclic) bond motifs is 1. The Bertz CT molecular complexity index is 1030. The van der Waals surface area contributed by atoms with Crippen LogP contribution in [0.25, 0.3) is 5.70 Å². The number of rotatable bonds is 8. The maximum atomic E-state index is 12.9. The summed E-state index contributed by atoms with van der Waals surface area (Å²) in [5.41, 5.74) is 6.74. The van der Waals surface area contributed by atoms with E-state index in [1.807, 2.05) is 18.3 Å². The molecule has 0 fully saturated rings. The molecule has 1 aromatic heterocycles. The highest BCUT2D eigenvalue weighted by molar-refractivity contribution is 5.96. The zero-order valence-corrected chi connectivity index (χ0v) is 18.5. The number of aryl methyl sites for hydroxylation is 2. The fraction of sp³-hybridized carbons (Fsp3) is 0.375. The number of benzene rings is 1. The van der Waals surface area contributed by atoms with Crippen LogP contribution in [0.4, 0.5) is 11.5 Å². The first kappa shape index (κ1) is 22.2. The van der Waals surface area contributed by atoms with Gasteiger partial charge in [-0.2, -0.15) is 10.4 Å². The van der Waals surface area contributed by atoms with Gasteiger partial charge >= 0.3 is 0 Å². The summed E-state index contributed by atoms with van der Waals surface area (Å²) in [7, 11) is 1.80. The number of nitrogens with zero attached hydrogens (tertiary/aromatic N) is 4. The molecule has 1 unspecified atom stereocenters. The molecule has 7 heteroatoms. The standard InChI is InChI=1S/C24H30N6O/c1-5-17(2)14-26-28-18(3)23-20(13-25)15-29(4)24(23)27-22(31)16-30-12-8-10-19-9-6-7-11-21(19)30/h6-7,9,11,14-15,17,28H,3,5,8,10,12,16H2,1-2,4H3,(H,27,31)/b26-14-. The van der Waals surface area contributed by atoms with Crippen molar-refractivity contribution >= 4 is 29.3 Å². The molecular formula is C24H30N6O. The lowest BCUT2D eigenvalue weighted by atomic mass is 10.0. The number of aromatic nitrogens is 1. The third-order valence-corrected chi connectivity index (χ3v) is 5.58. The van der Waals surface area contributed by atoms with Crippen molar-refractivity contribution in [2.45, 2.75) is 33.1 Å². The summed E-state index contributed by atoms with van der Waals surface area (Å²) in [6, 6.07) is 10.4. The summed E-state index contributed by atoms with van der Waals surface area (Å²) < 4.78 is 1.74. The molecule has 2 N–H and O–H groups in total. The number of hydrazone groups is 1. The summed E-state index contributed by atoms with van der Waals surface area (Å²) >= 11 is 0. The minimum Gasteiger partial charge on any atom is -0.362 e. The highest BCUT2D eigenvalue weighted by Crippen LogP contribution is 2.29. The van der Waals surface area contributed by atoms with Crippen molar-refractivity contribution in [2.24, 2.45) is 18.1 Å². The van der Waals surface area contributed by atoms with Crippen molar-refractivity contribution in [1.29, 1.82) is 5.26 Å². The number of nitrogens with one attached hydrogen (secondary N) is 2. The van der Waals surface area contributed by atoms with E-state index in [2.05, 4.69) is 59.4 Å². The van der Waals surface area contributed by atoms with E-state index >= 15 is 0 Å². The molecule has 1 amide bonds. The van der Waals surface area contributed by atoms with Gasteiger partial charge < -0.3 is 14.8 Å². The van der Waals surface area contributed by atoms with E-state index in [9.17, 15) is 10.1 Å². The van der Waals surface area contributed by atoms with Crippen LogP contribution in [-0.2, 0) is 18.3 Å². The summed E-state index contributed by atoms with van der Waals surface area (Å²) in [6.07, 6.45) is 6.53. The zero-order valence-electron chi connectivity index (χ0n) is 18.5. The van der Waals surface area contributed by atoms with Crippen LogP contribution in [0, 0.1) is 17.2 Å². The van der Waals surface area contributed by atoms with Gasteiger partial charge in [-0.15, -0.1) is 0 Å². The maximum Gasteiger partial charge on any atom is 0.245 e. The number of carbonyl (C=O) groups excluding carboxylic acids is 1. The molecule has 3 rings (SSSR count). The molecule has 2 heterocycles. The third kappa shape index (κ3) is 5.15. The Morgan fingerprint density at radius 1 is 1.42 bits per heavy atom. The molecule has 0 saturated heterocycles. The topological polar surface area (TPSA) is 85.5 Å². The number of nitriles is 1. The van der Waals surface area contributed by atoms with Gasteiger partial charge in [0.15, 0.2) is 0 Å². The number of amides is 1. The van der Waals surface area contributed by atoms with Crippen LogP contribution >= 0.6 is 0 Å². The summed E-state index contributed by atoms with van der Waals surface area (Å²) in [4.78, 5) is 15.0. The number of para-hydroxylation sites is 1. The molecule has 1 aromatic carbocycles. The van der Waals surface area contributed by atoms with E-state index in [1.54, 1.807) is 17.8 Å². The normalized spacial score (nSPS) is 14.1. The monoisotopic (exact) mass is 418 g/mol. The lowest BCUT2D eigenvalue weighted by Crippen LogP contribution is -2.37. The molecule has 0 radical (unpaired) electrons. The molecular weight excluding hydrogens is 388 g/mol. The van der Waals surface area contributed by atoms with Crippen molar-refractivity contribution in [3.8, 4) is 6.07 Å². The Hall–Kier alpha value is -3.53. The van der Waals surface area contributed by atoms with Crippen molar-refractivity contribution in [1.82, 2.24) is 9.99 Å². The highest BCUT2D eigenvalue weighted by atomic mass is 16.2. The van der Waals surface area contributed by atoms with Gasteiger partial charge in [0.2, 0.25) is 5.91 Å². The van der Waals surface area contributed by atoms with Gasteiger partial charge in [0.05, 0.1) is 23.4 Å².